The minimum Gasteiger partial charge on any atom is -0.359 e. The summed E-state index contributed by atoms with van der Waals surface area (Å²) in [5, 5.41) is 5.42. The summed E-state index contributed by atoms with van der Waals surface area (Å²) >= 11 is 0. The van der Waals surface area contributed by atoms with Gasteiger partial charge in [-0.2, -0.15) is 0 Å². The first-order chi connectivity index (χ1) is 9.97. The van der Waals surface area contributed by atoms with Gasteiger partial charge in [0.05, 0.1) is 13.1 Å². The molecule has 0 bridgehead atoms. The van der Waals surface area contributed by atoms with E-state index in [-0.39, 0.29) is 30.9 Å². The minimum atomic E-state index is -0.159. The summed E-state index contributed by atoms with van der Waals surface area (Å²) in [5.41, 5.74) is 2.39. The van der Waals surface area contributed by atoms with Gasteiger partial charge in [0.25, 0.3) is 0 Å². The summed E-state index contributed by atoms with van der Waals surface area (Å²) in [6.45, 7) is 6.21. The predicted octanol–water partition coefficient (Wildman–Crippen LogP) is 1.08. The van der Waals surface area contributed by atoms with E-state index in [2.05, 4.69) is 28.5 Å². The van der Waals surface area contributed by atoms with Crippen LogP contribution in [0.2, 0.25) is 0 Å². The Hall–Kier alpha value is -2.04. The smallest absolute Gasteiger partial charge is 0.239 e. The highest BCUT2D eigenvalue weighted by Gasteiger charge is 2.26. The fourth-order valence-electron chi connectivity index (χ4n) is 2.63. The number of carbonyl (C=O) groups excluding carboxylic acids is 2. The summed E-state index contributed by atoms with van der Waals surface area (Å²) in [6.07, 6.45) is 0.956. The molecule has 0 aliphatic carbocycles. The molecule has 5 nitrogen and oxygen atoms in total. The number of carbonyl (C=O) groups is 2. The Kier molecular flexibility index (Phi) is 4.83. The fourth-order valence-corrected chi connectivity index (χ4v) is 2.63. The molecule has 1 heterocycles. The molecule has 1 aromatic carbocycles. The maximum Gasteiger partial charge on any atom is 0.239 e. The molecule has 2 N–H and O–H groups in total. The highest BCUT2D eigenvalue weighted by Crippen LogP contribution is 2.31. The van der Waals surface area contributed by atoms with Gasteiger partial charge < -0.3 is 15.5 Å². The van der Waals surface area contributed by atoms with Crippen LogP contribution in [0.4, 0.5) is 5.69 Å². The molecule has 0 unspecified atom stereocenters. The van der Waals surface area contributed by atoms with Crippen LogP contribution in [-0.2, 0) is 16.0 Å². The van der Waals surface area contributed by atoms with E-state index in [1.807, 2.05) is 32.0 Å². The van der Waals surface area contributed by atoms with Crippen molar-refractivity contribution in [3.8, 4) is 0 Å². The molecule has 2 amide bonds. The number of hydrogen-bond acceptors (Lipinski definition) is 3. The lowest BCUT2D eigenvalue weighted by Crippen LogP contribution is -2.44. The first kappa shape index (κ1) is 15.4. The maximum atomic E-state index is 12.0. The SMILES string of the molecule is CC(C)NC(=O)CNC(=O)CN1c2ccccc2C[C@@H]1C. The molecule has 1 atom stereocenters. The van der Waals surface area contributed by atoms with E-state index in [0.29, 0.717) is 6.04 Å². The Morgan fingerprint density at radius 1 is 1.29 bits per heavy atom. The molecule has 21 heavy (non-hydrogen) atoms. The van der Waals surface area contributed by atoms with Crippen molar-refractivity contribution < 1.29 is 9.59 Å². The zero-order valence-corrected chi connectivity index (χ0v) is 12.8. The number of rotatable bonds is 5. The van der Waals surface area contributed by atoms with Gasteiger partial charge in [-0.25, -0.2) is 0 Å². The second-order valence-corrected chi connectivity index (χ2v) is 5.81. The van der Waals surface area contributed by atoms with Crippen LogP contribution in [0.25, 0.3) is 0 Å². The number of anilines is 1. The molecule has 1 aliphatic heterocycles. The molecule has 0 radical (unpaired) electrons. The van der Waals surface area contributed by atoms with Gasteiger partial charge in [-0.3, -0.25) is 9.59 Å². The second kappa shape index (κ2) is 6.61. The summed E-state index contributed by atoms with van der Waals surface area (Å²) in [7, 11) is 0. The normalized spacial score (nSPS) is 16.8. The number of nitrogens with one attached hydrogen (secondary N) is 2. The molecule has 0 aromatic heterocycles. The number of fused-ring (bicyclic) bond motifs is 1. The predicted molar refractivity (Wildman–Crippen MR) is 83.2 cm³/mol. The van der Waals surface area contributed by atoms with Gasteiger partial charge in [0, 0.05) is 17.8 Å². The van der Waals surface area contributed by atoms with Crippen LogP contribution in [0.3, 0.4) is 0 Å². The van der Waals surface area contributed by atoms with E-state index in [9.17, 15) is 9.59 Å². The summed E-state index contributed by atoms with van der Waals surface area (Å²) in [5.74, 6) is -0.286. The maximum absolute atomic E-state index is 12.0. The van der Waals surface area contributed by atoms with Crippen molar-refractivity contribution in [1.82, 2.24) is 10.6 Å². The Labute approximate surface area is 125 Å². The van der Waals surface area contributed by atoms with E-state index in [1.165, 1.54) is 5.56 Å². The van der Waals surface area contributed by atoms with Gasteiger partial charge in [0.2, 0.25) is 11.8 Å². The van der Waals surface area contributed by atoms with Gasteiger partial charge in [0.1, 0.15) is 0 Å². The van der Waals surface area contributed by atoms with Gasteiger partial charge in [-0.15, -0.1) is 0 Å². The average molecular weight is 289 g/mol. The molecule has 1 aromatic rings. The molecule has 0 fully saturated rings. The van der Waals surface area contributed by atoms with E-state index >= 15 is 0 Å². The van der Waals surface area contributed by atoms with Gasteiger partial charge in [0.15, 0.2) is 0 Å². The number of hydrogen-bond donors (Lipinski definition) is 2. The Balaban J connectivity index is 1.87. The molecule has 5 heteroatoms. The van der Waals surface area contributed by atoms with Crippen molar-refractivity contribution in [2.24, 2.45) is 0 Å². The van der Waals surface area contributed by atoms with Crippen molar-refractivity contribution in [2.45, 2.75) is 39.3 Å². The lowest BCUT2D eigenvalue weighted by Gasteiger charge is -2.24. The summed E-state index contributed by atoms with van der Waals surface area (Å²) < 4.78 is 0. The molecule has 114 valence electrons. The third kappa shape index (κ3) is 3.97. The molecule has 0 saturated carbocycles. The first-order valence-electron chi connectivity index (χ1n) is 7.38. The van der Waals surface area contributed by atoms with Crippen LogP contribution < -0.4 is 15.5 Å². The van der Waals surface area contributed by atoms with Crippen molar-refractivity contribution >= 4 is 17.5 Å². The summed E-state index contributed by atoms with van der Waals surface area (Å²) in [6, 6.07) is 8.53. The van der Waals surface area contributed by atoms with Crippen LogP contribution in [-0.4, -0.2) is 37.0 Å². The Bertz CT molecular complexity index is 528. The lowest BCUT2D eigenvalue weighted by molar-refractivity contribution is -0.125. The number of benzene rings is 1. The number of amides is 2. The fraction of sp³-hybridized carbons (Fsp3) is 0.500. The number of para-hydroxylation sites is 1. The Morgan fingerprint density at radius 3 is 2.71 bits per heavy atom. The van der Waals surface area contributed by atoms with Crippen LogP contribution in [0, 0.1) is 0 Å². The zero-order valence-electron chi connectivity index (χ0n) is 12.8. The molecule has 1 aliphatic rings. The van der Waals surface area contributed by atoms with E-state index < -0.39 is 0 Å². The van der Waals surface area contributed by atoms with E-state index in [1.54, 1.807) is 0 Å². The van der Waals surface area contributed by atoms with E-state index in [4.69, 9.17) is 0 Å². The molecule has 0 saturated heterocycles. The standard InChI is InChI=1S/C16H23N3O2/c1-11(2)18-15(20)9-17-16(21)10-19-12(3)8-13-6-4-5-7-14(13)19/h4-7,11-12H,8-10H2,1-3H3,(H,17,21)(H,18,20)/t12-/m0/s1. The minimum absolute atomic E-state index is 0.0287. The highest BCUT2D eigenvalue weighted by molar-refractivity contribution is 5.87. The third-order valence-corrected chi connectivity index (χ3v) is 3.56. The topological polar surface area (TPSA) is 61.4 Å². The Morgan fingerprint density at radius 2 is 2.00 bits per heavy atom. The van der Waals surface area contributed by atoms with Gasteiger partial charge >= 0.3 is 0 Å². The van der Waals surface area contributed by atoms with Crippen molar-refractivity contribution in [3.05, 3.63) is 29.8 Å². The van der Waals surface area contributed by atoms with Crippen LogP contribution in [0.15, 0.2) is 24.3 Å². The highest BCUT2D eigenvalue weighted by atomic mass is 16.2. The molecular formula is C16H23N3O2. The van der Waals surface area contributed by atoms with E-state index in [0.717, 1.165) is 12.1 Å². The van der Waals surface area contributed by atoms with Crippen molar-refractivity contribution in [1.29, 1.82) is 0 Å². The van der Waals surface area contributed by atoms with Crippen LogP contribution in [0.1, 0.15) is 26.3 Å². The first-order valence-corrected chi connectivity index (χ1v) is 7.38. The van der Waals surface area contributed by atoms with Crippen LogP contribution >= 0.6 is 0 Å². The van der Waals surface area contributed by atoms with Gasteiger partial charge in [-0.1, -0.05) is 18.2 Å². The number of nitrogens with zero attached hydrogens (tertiary/aromatic N) is 1. The molecule has 2 rings (SSSR count). The largest absolute Gasteiger partial charge is 0.359 e. The van der Waals surface area contributed by atoms with Crippen molar-refractivity contribution in [2.75, 3.05) is 18.0 Å². The summed E-state index contributed by atoms with van der Waals surface area (Å²) in [4.78, 5) is 25.6. The zero-order chi connectivity index (χ0) is 15.4. The monoisotopic (exact) mass is 289 g/mol. The quantitative estimate of drug-likeness (QED) is 0.852. The van der Waals surface area contributed by atoms with Crippen LogP contribution in [0.5, 0.6) is 0 Å². The lowest BCUT2D eigenvalue weighted by atomic mass is 10.1. The van der Waals surface area contributed by atoms with Gasteiger partial charge in [-0.05, 0) is 38.8 Å². The second-order valence-electron chi connectivity index (χ2n) is 5.81. The molecular weight excluding hydrogens is 266 g/mol. The average Bonchev–Trinajstić information content (AvgIpc) is 2.72. The third-order valence-electron chi connectivity index (χ3n) is 3.56. The molecule has 0 spiro atoms. The van der Waals surface area contributed by atoms with Crippen molar-refractivity contribution in [3.63, 3.8) is 0 Å².